The largest absolute Gasteiger partial charge is 0.334 e. The number of carbonyl (C=O) groups is 1. The van der Waals surface area contributed by atoms with E-state index in [1.165, 1.54) is 6.42 Å². The molecule has 0 spiro atoms. The van der Waals surface area contributed by atoms with E-state index in [0.29, 0.717) is 6.54 Å². The van der Waals surface area contributed by atoms with Crippen molar-refractivity contribution >= 4 is 16.8 Å². The van der Waals surface area contributed by atoms with E-state index in [9.17, 15) is 9.59 Å². The molecule has 1 aromatic carbocycles. The topological polar surface area (TPSA) is 45.5 Å². The van der Waals surface area contributed by atoms with Gasteiger partial charge < -0.3 is 14.4 Å². The number of hydrogen-bond donors (Lipinski definition) is 0. The maximum Gasteiger partial charge on any atom is 0.255 e. The zero-order chi connectivity index (χ0) is 19.7. The predicted octanol–water partition coefficient (Wildman–Crippen LogP) is 3.15. The van der Waals surface area contributed by atoms with Crippen LogP contribution in [0, 0.1) is 5.92 Å². The van der Waals surface area contributed by atoms with E-state index >= 15 is 0 Å². The molecule has 0 bridgehead atoms. The fourth-order valence-corrected chi connectivity index (χ4v) is 4.92. The number of likely N-dealkylation sites (tertiary alicyclic amines) is 1. The summed E-state index contributed by atoms with van der Waals surface area (Å²) in [4.78, 5) is 30.8. The van der Waals surface area contributed by atoms with Gasteiger partial charge in [-0.2, -0.15) is 0 Å². The first kappa shape index (κ1) is 19.2. The fourth-order valence-electron chi connectivity index (χ4n) is 4.92. The number of amides is 1. The summed E-state index contributed by atoms with van der Waals surface area (Å²) in [5.74, 6) is 0.388. The molecule has 150 valence electrons. The summed E-state index contributed by atoms with van der Waals surface area (Å²) >= 11 is 0. The van der Waals surface area contributed by atoms with Gasteiger partial charge >= 0.3 is 0 Å². The van der Waals surface area contributed by atoms with Crippen molar-refractivity contribution in [2.75, 3.05) is 20.1 Å². The lowest BCUT2D eigenvalue weighted by atomic mass is 9.87. The summed E-state index contributed by atoms with van der Waals surface area (Å²) < 4.78 is 1.72. The standard InChI is InChI=1S/C23H31N3O2/c1-24-13-12-20(16-24)26(23(28)17-8-4-3-5-9-17)15-19-14-18-10-6-7-11-21(18)25(2)22(19)27/h6-7,10-11,14,17,20H,3-5,8-9,12-13,15-16H2,1-2H3/t20-/m1/s1. The molecule has 5 heteroatoms. The van der Waals surface area contributed by atoms with Crippen molar-refractivity contribution in [2.24, 2.45) is 13.0 Å². The molecule has 1 atom stereocenters. The molecule has 1 aliphatic heterocycles. The lowest BCUT2D eigenvalue weighted by Crippen LogP contribution is -2.45. The van der Waals surface area contributed by atoms with Gasteiger partial charge in [0.25, 0.3) is 5.56 Å². The molecule has 2 aliphatic rings. The molecule has 0 radical (unpaired) electrons. The van der Waals surface area contributed by atoms with E-state index < -0.39 is 0 Å². The van der Waals surface area contributed by atoms with Crippen molar-refractivity contribution in [3.63, 3.8) is 0 Å². The first-order valence-electron chi connectivity index (χ1n) is 10.6. The molecule has 1 amide bonds. The molecular formula is C23H31N3O2. The second-order valence-electron chi connectivity index (χ2n) is 8.60. The van der Waals surface area contributed by atoms with Crippen LogP contribution in [0.15, 0.2) is 35.1 Å². The number of benzene rings is 1. The number of rotatable bonds is 4. The van der Waals surface area contributed by atoms with Gasteiger partial charge in [0, 0.05) is 31.1 Å². The van der Waals surface area contributed by atoms with Gasteiger partial charge in [0.15, 0.2) is 0 Å². The van der Waals surface area contributed by atoms with Crippen LogP contribution in [0.2, 0.25) is 0 Å². The van der Waals surface area contributed by atoms with Crippen LogP contribution in [0.5, 0.6) is 0 Å². The molecule has 1 saturated heterocycles. The van der Waals surface area contributed by atoms with Gasteiger partial charge in [0.05, 0.1) is 12.1 Å². The zero-order valence-electron chi connectivity index (χ0n) is 17.1. The molecule has 28 heavy (non-hydrogen) atoms. The van der Waals surface area contributed by atoms with Crippen LogP contribution in [0.1, 0.15) is 44.1 Å². The summed E-state index contributed by atoms with van der Waals surface area (Å²) in [5, 5.41) is 1.05. The quantitative estimate of drug-likeness (QED) is 0.817. The van der Waals surface area contributed by atoms with Crippen molar-refractivity contribution < 1.29 is 4.79 Å². The number of carbonyl (C=O) groups excluding carboxylic acids is 1. The number of para-hydroxylation sites is 1. The van der Waals surface area contributed by atoms with Crippen molar-refractivity contribution in [2.45, 2.75) is 51.1 Å². The average molecular weight is 382 g/mol. The van der Waals surface area contributed by atoms with Crippen LogP contribution in [-0.2, 0) is 18.4 Å². The van der Waals surface area contributed by atoms with E-state index in [0.717, 1.165) is 61.7 Å². The molecule has 4 rings (SSSR count). The number of aryl methyl sites for hydroxylation is 1. The van der Waals surface area contributed by atoms with Crippen LogP contribution in [0.25, 0.3) is 10.9 Å². The Labute approximate surface area is 166 Å². The molecule has 1 saturated carbocycles. The summed E-state index contributed by atoms with van der Waals surface area (Å²) in [6, 6.07) is 10.1. The Hall–Kier alpha value is -2.14. The first-order chi connectivity index (χ1) is 13.5. The average Bonchev–Trinajstić information content (AvgIpc) is 3.15. The minimum atomic E-state index is 0.00601. The van der Waals surface area contributed by atoms with Crippen LogP contribution >= 0.6 is 0 Å². The molecular weight excluding hydrogens is 350 g/mol. The highest BCUT2D eigenvalue weighted by Gasteiger charge is 2.34. The molecule has 0 N–H and O–H groups in total. The van der Waals surface area contributed by atoms with Gasteiger partial charge in [0.1, 0.15) is 0 Å². The number of nitrogens with zero attached hydrogens (tertiary/aromatic N) is 3. The third-order valence-corrected chi connectivity index (χ3v) is 6.59. The van der Waals surface area contributed by atoms with Gasteiger partial charge in [-0.3, -0.25) is 9.59 Å². The molecule has 1 aliphatic carbocycles. The lowest BCUT2D eigenvalue weighted by Gasteiger charge is -2.33. The Balaban J connectivity index is 1.67. The van der Waals surface area contributed by atoms with Gasteiger partial charge in [-0.15, -0.1) is 0 Å². The van der Waals surface area contributed by atoms with E-state index in [1.807, 2.05) is 42.3 Å². The number of pyridine rings is 1. The molecule has 1 aromatic heterocycles. The Bertz CT molecular complexity index is 914. The third kappa shape index (κ3) is 3.72. The van der Waals surface area contributed by atoms with Crippen LogP contribution in [0.4, 0.5) is 0 Å². The summed E-state index contributed by atoms with van der Waals surface area (Å²) in [6.45, 7) is 2.33. The number of aromatic nitrogens is 1. The van der Waals surface area contributed by atoms with Gasteiger partial charge in [0.2, 0.25) is 5.91 Å². The van der Waals surface area contributed by atoms with Crippen molar-refractivity contribution in [1.29, 1.82) is 0 Å². The highest BCUT2D eigenvalue weighted by atomic mass is 16.2. The van der Waals surface area contributed by atoms with Crippen LogP contribution in [0.3, 0.4) is 0 Å². The Kier molecular flexibility index (Phi) is 5.54. The molecule has 2 aromatic rings. The normalized spacial score (nSPS) is 21.3. The minimum absolute atomic E-state index is 0.00601. The second-order valence-corrected chi connectivity index (χ2v) is 8.60. The van der Waals surface area contributed by atoms with E-state index in [-0.39, 0.29) is 23.4 Å². The lowest BCUT2D eigenvalue weighted by molar-refractivity contribution is -0.139. The smallest absolute Gasteiger partial charge is 0.255 e. The number of likely N-dealkylation sites (N-methyl/N-ethyl adjacent to an activating group) is 1. The summed E-state index contributed by atoms with van der Waals surface area (Å²) in [7, 11) is 3.93. The van der Waals surface area contributed by atoms with E-state index in [2.05, 4.69) is 11.9 Å². The SMILES string of the molecule is CN1CC[C@@H](N(Cc2cc3ccccc3n(C)c2=O)C(=O)C2CCCCC2)C1. The number of fused-ring (bicyclic) bond motifs is 1. The number of hydrogen-bond acceptors (Lipinski definition) is 3. The van der Waals surface area contributed by atoms with Gasteiger partial charge in [-0.05, 0) is 50.4 Å². The maximum atomic E-state index is 13.5. The molecule has 2 heterocycles. The van der Waals surface area contributed by atoms with Crippen molar-refractivity contribution in [3.05, 3.63) is 46.2 Å². The summed E-state index contributed by atoms with van der Waals surface area (Å²) in [6.07, 6.45) is 6.50. The second kappa shape index (κ2) is 8.08. The van der Waals surface area contributed by atoms with Gasteiger partial charge in [-0.25, -0.2) is 0 Å². The Morgan fingerprint density at radius 1 is 1.11 bits per heavy atom. The zero-order valence-corrected chi connectivity index (χ0v) is 17.1. The first-order valence-corrected chi connectivity index (χ1v) is 10.6. The molecule has 2 fully saturated rings. The summed E-state index contributed by atoms with van der Waals surface area (Å²) in [5.41, 5.74) is 1.66. The van der Waals surface area contributed by atoms with Gasteiger partial charge in [-0.1, -0.05) is 37.5 Å². The molecule has 0 unspecified atom stereocenters. The van der Waals surface area contributed by atoms with Crippen molar-refractivity contribution in [1.82, 2.24) is 14.4 Å². The van der Waals surface area contributed by atoms with Crippen LogP contribution < -0.4 is 5.56 Å². The maximum absolute atomic E-state index is 13.5. The monoisotopic (exact) mass is 381 g/mol. The van der Waals surface area contributed by atoms with Crippen molar-refractivity contribution in [3.8, 4) is 0 Å². The van der Waals surface area contributed by atoms with E-state index in [1.54, 1.807) is 4.57 Å². The highest BCUT2D eigenvalue weighted by molar-refractivity contribution is 5.81. The molecule has 5 nitrogen and oxygen atoms in total. The highest BCUT2D eigenvalue weighted by Crippen LogP contribution is 2.28. The predicted molar refractivity (Wildman–Crippen MR) is 112 cm³/mol. The van der Waals surface area contributed by atoms with Crippen LogP contribution in [-0.4, -0.2) is 46.5 Å². The van der Waals surface area contributed by atoms with E-state index in [4.69, 9.17) is 0 Å². The Morgan fingerprint density at radius 2 is 1.86 bits per heavy atom. The minimum Gasteiger partial charge on any atom is -0.334 e. The Morgan fingerprint density at radius 3 is 2.57 bits per heavy atom. The fraction of sp³-hybridized carbons (Fsp3) is 0.565. The third-order valence-electron chi connectivity index (χ3n) is 6.59.